The molecule has 0 bridgehead atoms. The van der Waals surface area contributed by atoms with Crippen molar-refractivity contribution < 1.29 is 4.39 Å². The minimum atomic E-state index is -0.276. The van der Waals surface area contributed by atoms with Gasteiger partial charge in [0.1, 0.15) is 12.1 Å². The van der Waals surface area contributed by atoms with E-state index in [1.165, 1.54) is 16.7 Å². The van der Waals surface area contributed by atoms with E-state index in [0.29, 0.717) is 5.69 Å². The molecule has 1 aliphatic rings. The van der Waals surface area contributed by atoms with Crippen LogP contribution in [0.2, 0.25) is 0 Å². The predicted molar refractivity (Wildman–Crippen MR) is 213 cm³/mol. The monoisotopic (exact) mass is 672 g/mol. The van der Waals surface area contributed by atoms with Gasteiger partial charge in [0.15, 0.2) is 0 Å². The zero-order valence-electron chi connectivity index (χ0n) is 28.8. The van der Waals surface area contributed by atoms with Crippen LogP contribution in [0, 0.1) is 5.82 Å². The Hall–Kier alpha value is -6.59. The van der Waals surface area contributed by atoms with Gasteiger partial charge in [0.2, 0.25) is 0 Å². The smallest absolute Gasteiger partial charge is 0.147 e. The van der Waals surface area contributed by atoms with Gasteiger partial charge in [-0.3, -0.25) is 0 Å². The molecule has 248 valence electrons. The highest BCUT2D eigenvalue weighted by Crippen LogP contribution is 2.55. The Morgan fingerprint density at radius 3 is 1.77 bits per heavy atom. The van der Waals surface area contributed by atoms with Crippen LogP contribution in [0.4, 0.5) is 38.5 Å². The molecule has 1 aliphatic carbocycles. The van der Waals surface area contributed by atoms with E-state index in [1.54, 1.807) is 18.5 Å². The Morgan fingerprint density at radius 2 is 1.06 bits per heavy atom. The summed E-state index contributed by atoms with van der Waals surface area (Å²) in [6, 6.07) is 50.1. The molecule has 52 heavy (non-hydrogen) atoms. The van der Waals surface area contributed by atoms with Crippen molar-refractivity contribution in [2.24, 2.45) is 0 Å². The summed E-state index contributed by atoms with van der Waals surface area (Å²) in [5.74, 6) is -0.276. The second kappa shape index (κ2) is 11.5. The van der Waals surface area contributed by atoms with Gasteiger partial charge in [0.25, 0.3) is 0 Å². The Kier molecular flexibility index (Phi) is 6.67. The quantitative estimate of drug-likeness (QED) is 0.165. The second-order valence-electron chi connectivity index (χ2n) is 14.0. The van der Waals surface area contributed by atoms with Gasteiger partial charge in [0, 0.05) is 27.4 Å². The Balaban J connectivity index is 1.27. The van der Waals surface area contributed by atoms with Crippen molar-refractivity contribution >= 4 is 66.4 Å². The number of fused-ring (bicyclic) bond motifs is 3. The van der Waals surface area contributed by atoms with Crippen LogP contribution in [0.1, 0.15) is 25.0 Å². The second-order valence-corrected chi connectivity index (χ2v) is 14.0. The number of rotatable bonds is 6. The molecule has 0 aliphatic heterocycles. The summed E-state index contributed by atoms with van der Waals surface area (Å²) in [4.78, 5) is 13.1. The molecule has 0 N–H and O–H groups in total. The van der Waals surface area contributed by atoms with Gasteiger partial charge < -0.3 is 9.80 Å². The van der Waals surface area contributed by atoms with Crippen molar-refractivity contribution in [3.8, 4) is 11.1 Å². The Morgan fingerprint density at radius 1 is 0.481 bits per heavy atom. The molecular weight excluding hydrogens is 640 g/mol. The summed E-state index contributed by atoms with van der Waals surface area (Å²) in [6.45, 7) is 4.56. The third-order valence-electron chi connectivity index (χ3n) is 10.8. The zero-order valence-corrected chi connectivity index (χ0v) is 28.8. The maximum atomic E-state index is 16.2. The Bertz CT molecular complexity index is 2760. The van der Waals surface area contributed by atoms with Crippen LogP contribution in [-0.4, -0.2) is 9.97 Å². The van der Waals surface area contributed by atoms with E-state index >= 15 is 4.39 Å². The third kappa shape index (κ3) is 4.39. The van der Waals surface area contributed by atoms with Gasteiger partial charge in [-0.05, 0) is 80.7 Å². The first-order valence-corrected chi connectivity index (χ1v) is 17.6. The lowest BCUT2D eigenvalue weighted by Gasteiger charge is -2.31. The lowest BCUT2D eigenvalue weighted by atomic mass is 9.82. The van der Waals surface area contributed by atoms with Crippen LogP contribution in [0.3, 0.4) is 0 Å². The number of hydrogen-bond donors (Lipinski definition) is 0. The van der Waals surface area contributed by atoms with Crippen LogP contribution in [0.15, 0.2) is 164 Å². The van der Waals surface area contributed by atoms with E-state index < -0.39 is 0 Å². The van der Waals surface area contributed by atoms with E-state index in [1.807, 2.05) is 42.7 Å². The van der Waals surface area contributed by atoms with Gasteiger partial charge in [0.05, 0.1) is 40.8 Å². The summed E-state index contributed by atoms with van der Waals surface area (Å²) in [6.07, 6.45) is 5.25. The van der Waals surface area contributed by atoms with E-state index in [0.717, 1.165) is 66.3 Å². The fourth-order valence-electron chi connectivity index (χ4n) is 8.52. The fourth-order valence-corrected chi connectivity index (χ4v) is 8.52. The van der Waals surface area contributed by atoms with Crippen LogP contribution < -0.4 is 9.80 Å². The van der Waals surface area contributed by atoms with Crippen molar-refractivity contribution in [2.75, 3.05) is 9.80 Å². The van der Waals surface area contributed by atoms with Crippen molar-refractivity contribution in [1.82, 2.24) is 9.97 Å². The van der Waals surface area contributed by atoms with Crippen LogP contribution >= 0.6 is 0 Å². The largest absolute Gasteiger partial charge is 0.307 e. The zero-order chi connectivity index (χ0) is 35.0. The molecule has 0 unspecified atom stereocenters. The fraction of sp³-hybridized carbons (Fsp3) is 0.0638. The van der Waals surface area contributed by atoms with Gasteiger partial charge >= 0.3 is 0 Å². The molecule has 4 nitrogen and oxygen atoms in total. The first-order valence-electron chi connectivity index (χ1n) is 17.6. The molecule has 0 spiro atoms. The summed E-state index contributed by atoms with van der Waals surface area (Å²) in [5, 5.41) is 6.72. The normalized spacial score (nSPS) is 13.1. The van der Waals surface area contributed by atoms with Crippen molar-refractivity contribution in [1.29, 1.82) is 0 Å². The molecule has 0 amide bonds. The molecule has 10 rings (SSSR count). The third-order valence-corrected chi connectivity index (χ3v) is 10.8. The highest BCUT2D eigenvalue weighted by molar-refractivity contribution is 6.28. The molecule has 1 aromatic heterocycles. The highest BCUT2D eigenvalue weighted by atomic mass is 19.1. The molecule has 8 aromatic carbocycles. The number of anilines is 6. The topological polar surface area (TPSA) is 32.3 Å². The molecule has 0 radical (unpaired) electrons. The maximum absolute atomic E-state index is 16.2. The minimum absolute atomic E-state index is 0.198. The molecule has 1 heterocycles. The van der Waals surface area contributed by atoms with Crippen LogP contribution in [-0.2, 0) is 5.41 Å². The number of aromatic nitrogens is 2. The molecule has 0 fully saturated rings. The predicted octanol–water partition coefficient (Wildman–Crippen LogP) is 12.8. The molecular formula is C47H33FN4. The molecule has 9 aromatic rings. The highest BCUT2D eigenvalue weighted by Gasteiger charge is 2.38. The van der Waals surface area contributed by atoms with Crippen LogP contribution in [0.25, 0.3) is 43.4 Å². The van der Waals surface area contributed by atoms with Crippen LogP contribution in [0.5, 0.6) is 0 Å². The first kappa shape index (κ1) is 30.3. The number of halogens is 1. The number of para-hydroxylation sites is 2. The summed E-state index contributed by atoms with van der Waals surface area (Å²) in [7, 11) is 0. The SMILES string of the molecule is CC1(C)c2ccccc2-c2c(N(c3ccccc3F)c3ccc4ccc5c(N(c6ccccc6)c6cncnc6)ccc6ccc3c4c65)cccc21. The minimum Gasteiger partial charge on any atom is -0.307 e. The molecule has 5 heteroatoms. The van der Waals surface area contributed by atoms with Crippen molar-refractivity contribution in [3.63, 3.8) is 0 Å². The maximum Gasteiger partial charge on any atom is 0.147 e. The average molecular weight is 673 g/mol. The van der Waals surface area contributed by atoms with E-state index in [-0.39, 0.29) is 11.2 Å². The van der Waals surface area contributed by atoms with Crippen molar-refractivity contribution in [2.45, 2.75) is 19.3 Å². The summed E-state index contributed by atoms with van der Waals surface area (Å²) >= 11 is 0. The van der Waals surface area contributed by atoms with Gasteiger partial charge in [-0.25, -0.2) is 14.4 Å². The molecule has 0 saturated heterocycles. The van der Waals surface area contributed by atoms with Gasteiger partial charge in [-0.1, -0.05) is 117 Å². The van der Waals surface area contributed by atoms with E-state index in [4.69, 9.17) is 0 Å². The Labute approximate surface area is 301 Å². The molecule has 0 saturated carbocycles. The number of benzene rings is 8. The van der Waals surface area contributed by atoms with E-state index in [2.05, 4.69) is 137 Å². The summed E-state index contributed by atoms with van der Waals surface area (Å²) in [5.41, 5.74) is 9.94. The lowest BCUT2D eigenvalue weighted by Crippen LogP contribution is -2.16. The van der Waals surface area contributed by atoms with E-state index in [9.17, 15) is 0 Å². The van der Waals surface area contributed by atoms with Crippen molar-refractivity contribution in [3.05, 3.63) is 181 Å². The first-order chi connectivity index (χ1) is 25.5. The standard InChI is InChI=1S/C47H33FN4/c1-47(2)37-14-7-6-13-34(37)46-38(47)15-10-18-43(46)52(42-17-9-8-16-39(42)48)41-26-22-31-19-23-35-40(25-21-30-20-24-36(41)45(31)44(30)35)51(32-11-4-3-5-12-32)33-27-49-29-50-28-33/h3-29H,1-2H3. The van der Waals surface area contributed by atoms with Gasteiger partial charge in [-0.2, -0.15) is 0 Å². The molecule has 0 atom stereocenters. The average Bonchev–Trinajstić information content (AvgIpc) is 3.43. The summed E-state index contributed by atoms with van der Waals surface area (Å²) < 4.78 is 16.2. The lowest BCUT2D eigenvalue weighted by molar-refractivity contribution is 0.629. The van der Waals surface area contributed by atoms with Gasteiger partial charge in [-0.15, -0.1) is 0 Å². The number of nitrogens with zero attached hydrogens (tertiary/aromatic N) is 4. The number of hydrogen-bond acceptors (Lipinski definition) is 4.